The molecule has 0 aromatic heterocycles. The minimum Gasteiger partial charge on any atom is -0.463 e. The van der Waals surface area contributed by atoms with Gasteiger partial charge in [0.2, 0.25) is 0 Å². The number of carbonyl (C=O) groups is 3. The molecule has 1 heterocycles. The molecule has 11 heteroatoms. The van der Waals surface area contributed by atoms with Crippen molar-refractivity contribution in [1.82, 2.24) is 0 Å². The zero-order valence-electron chi connectivity index (χ0n) is 19.4. The molecule has 0 radical (unpaired) electrons. The van der Waals surface area contributed by atoms with Gasteiger partial charge >= 0.3 is 12.1 Å². The lowest BCUT2D eigenvalue weighted by molar-refractivity contribution is -0.146. The van der Waals surface area contributed by atoms with Gasteiger partial charge in [0.1, 0.15) is 18.4 Å². The number of ether oxygens (including phenoxy) is 2. The van der Waals surface area contributed by atoms with Gasteiger partial charge in [0.05, 0.1) is 18.8 Å². The Kier molecular flexibility index (Phi) is 9.91. The Morgan fingerprint density at radius 2 is 1.88 bits per heavy atom. The number of nitrogens with zero attached hydrogens (tertiary/aromatic N) is 2. The maximum absolute atomic E-state index is 15.1. The van der Waals surface area contributed by atoms with Gasteiger partial charge in [-0.25, -0.2) is 18.0 Å². The minimum absolute atomic E-state index is 0.00462. The molecule has 0 saturated carbocycles. The van der Waals surface area contributed by atoms with E-state index in [0.717, 1.165) is 17.2 Å². The predicted molar refractivity (Wildman–Crippen MR) is 118 cm³/mol. The van der Waals surface area contributed by atoms with Gasteiger partial charge in [0.15, 0.2) is 23.2 Å². The Bertz CT molecular complexity index is 938. The molecule has 2 rings (SSSR count). The molecular weight excluding hydrogens is 457 g/mol. The van der Waals surface area contributed by atoms with Crippen molar-refractivity contribution in [3.8, 4) is 0 Å². The maximum atomic E-state index is 15.1. The summed E-state index contributed by atoms with van der Waals surface area (Å²) in [6, 6.07) is 0.616. The zero-order valence-corrected chi connectivity index (χ0v) is 19.4. The number of ketones is 1. The maximum Gasteiger partial charge on any atom is 0.414 e. The number of halogens is 3. The van der Waals surface area contributed by atoms with Crippen LogP contribution in [0, 0.1) is 23.4 Å². The van der Waals surface area contributed by atoms with Gasteiger partial charge in [-0.15, -0.1) is 0 Å². The lowest BCUT2D eigenvalue weighted by atomic mass is 10.1. The number of hydrogen-bond donors (Lipinski definition) is 1. The van der Waals surface area contributed by atoms with Gasteiger partial charge in [-0.1, -0.05) is 20.8 Å². The summed E-state index contributed by atoms with van der Waals surface area (Å²) < 4.78 is 54.9. The van der Waals surface area contributed by atoms with Crippen molar-refractivity contribution < 1.29 is 42.1 Å². The molecule has 0 spiro atoms. The summed E-state index contributed by atoms with van der Waals surface area (Å²) in [6.45, 7) is 4.00. The quantitative estimate of drug-likeness (QED) is 0.398. The molecule has 1 N–H and O–H groups in total. The average Bonchev–Trinajstić information content (AvgIpc) is 2.78. The van der Waals surface area contributed by atoms with Crippen molar-refractivity contribution in [2.75, 3.05) is 36.1 Å². The molecule has 1 aliphatic heterocycles. The molecule has 188 valence electrons. The highest BCUT2D eigenvalue weighted by molar-refractivity contribution is 5.92. The molecule has 0 fully saturated rings. The van der Waals surface area contributed by atoms with Crippen LogP contribution in [0.1, 0.15) is 40.0 Å². The Hall–Kier alpha value is -3.08. The van der Waals surface area contributed by atoms with Crippen LogP contribution >= 0.6 is 0 Å². The third-order valence-electron chi connectivity index (χ3n) is 4.78. The van der Waals surface area contributed by atoms with E-state index in [1.807, 2.05) is 0 Å². The molecule has 0 unspecified atom stereocenters. The summed E-state index contributed by atoms with van der Waals surface area (Å²) in [7, 11) is 0. The second kappa shape index (κ2) is 12.4. The standard InChI is InChI=1S/C23H29F3N2O6/c1-4-5-19(31)33-13-16(30)11-28(23(32)34-12-14(2)3)18-10-17(24)22(21(26)20(18)25)27-8-6-15(29)7-9-27/h6,8,10,14,16,30H,4-5,7,9,11-13H2,1-3H3/t16-/m1/s1. The first-order chi connectivity index (χ1) is 16.0. The third-order valence-corrected chi connectivity index (χ3v) is 4.78. The van der Waals surface area contributed by atoms with Crippen molar-refractivity contribution in [3.63, 3.8) is 0 Å². The molecule has 1 aromatic rings. The fraction of sp³-hybridized carbons (Fsp3) is 0.522. The van der Waals surface area contributed by atoms with E-state index in [-0.39, 0.29) is 37.7 Å². The van der Waals surface area contributed by atoms with Crippen LogP contribution < -0.4 is 9.80 Å². The third kappa shape index (κ3) is 7.21. The van der Waals surface area contributed by atoms with Crippen molar-refractivity contribution in [3.05, 3.63) is 35.8 Å². The number of amides is 1. The van der Waals surface area contributed by atoms with Crippen LogP contribution in [0.4, 0.5) is 29.3 Å². The van der Waals surface area contributed by atoms with Gasteiger partial charge in [-0.2, -0.15) is 0 Å². The largest absolute Gasteiger partial charge is 0.463 e. The van der Waals surface area contributed by atoms with Crippen LogP contribution in [-0.2, 0) is 19.1 Å². The first kappa shape index (κ1) is 27.2. The van der Waals surface area contributed by atoms with Crippen molar-refractivity contribution in [2.45, 2.75) is 46.1 Å². The van der Waals surface area contributed by atoms with Crippen LogP contribution in [0.3, 0.4) is 0 Å². The van der Waals surface area contributed by atoms with Crippen LogP contribution in [0.25, 0.3) is 0 Å². The number of aliphatic hydroxyl groups is 1. The van der Waals surface area contributed by atoms with E-state index in [1.54, 1.807) is 20.8 Å². The number of esters is 1. The second-order valence-corrected chi connectivity index (χ2v) is 8.25. The summed E-state index contributed by atoms with van der Waals surface area (Å²) in [5.74, 6) is -5.19. The summed E-state index contributed by atoms with van der Waals surface area (Å²) in [6.07, 6.45) is 0.301. The van der Waals surface area contributed by atoms with Crippen LogP contribution in [0.2, 0.25) is 0 Å². The Morgan fingerprint density at radius 1 is 1.18 bits per heavy atom. The average molecular weight is 486 g/mol. The monoisotopic (exact) mass is 486 g/mol. The van der Waals surface area contributed by atoms with E-state index in [0.29, 0.717) is 17.4 Å². The molecule has 0 bridgehead atoms. The van der Waals surface area contributed by atoms with E-state index in [2.05, 4.69) is 0 Å². The second-order valence-electron chi connectivity index (χ2n) is 8.25. The number of hydrogen-bond acceptors (Lipinski definition) is 7. The van der Waals surface area contributed by atoms with Gasteiger partial charge in [0.25, 0.3) is 0 Å². The number of carbonyl (C=O) groups excluding carboxylic acids is 3. The summed E-state index contributed by atoms with van der Waals surface area (Å²) in [5, 5.41) is 10.3. The topological polar surface area (TPSA) is 96.4 Å². The summed E-state index contributed by atoms with van der Waals surface area (Å²) in [5.41, 5.74) is -1.50. The predicted octanol–water partition coefficient (Wildman–Crippen LogP) is 3.70. The summed E-state index contributed by atoms with van der Waals surface area (Å²) in [4.78, 5) is 37.1. The van der Waals surface area contributed by atoms with E-state index >= 15 is 4.39 Å². The number of allylic oxidation sites excluding steroid dienone is 1. The van der Waals surface area contributed by atoms with Crippen LogP contribution in [-0.4, -0.2) is 55.4 Å². The fourth-order valence-corrected chi connectivity index (χ4v) is 3.10. The first-order valence-electron chi connectivity index (χ1n) is 11.0. The van der Waals surface area contributed by atoms with E-state index < -0.39 is 60.1 Å². The Balaban J connectivity index is 2.35. The van der Waals surface area contributed by atoms with Crippen molar-refractivity contribution in [2.24, 2.45) is 5.92 Å². The molecule has 1 aliphatic rings. The molecular formula is C23H29F3N2O6. The van der Waals surface area contributed by atoms with Gasteiger partial charge in [-0.05, 0) is 18.4 Å². The minimum atomic E-state index is -1.57. The first-order valence-corrected chi connectivity index (χ1v) is 11.0. The number of anilines is 2. The highest BCUT2D eigenvalue weighted by Crippen LogP contribution is 2.34. The molecule has 0 aliphatic carbocycles. The fourth-order valence-electron chi connectivity index (χ4n) is 3.10. The number of benzene rings is 1. The highest BCUT2D eigenvalue weighted by atomic mass is 19.2. The molecule has 8 nitrogen and oxygen atoms in total. The highest BCUT2D eigenvalue weighted by Gasteiger charge is 2.31. The number of rotatable bonds is 10. The van der Waals surface area contributed by atoms with E-state index in [9.17, 15) is 28.3 Å². The van der Waals surface area contributed by atoms with Crippen LogP contribution in [0.15, 0.2) is 18.3 Å². The molecule has 1 aromatic carbocycles. The smallest absolute Gasteiger partial charge is 0.414 e. The van der Waals surface area contributed by atoms with Gasteiger partial charge < -0.3 is 19.5 Å². The molecule has 1 atom stereocenters. The van der Waals surface area contributed by atoms with Gasteiger partial charge in [0, 0.05) is 31.7 Å². The Labute approximate surface area is 195 Å². The SMILES string of the molecule is CCCC(=O)OC[C@H](O)CN(C(=O)OCC(C)C)c1cc(F)c(N2C=CC(=O)CC2)c(F)c1F. The van der Waals surface area contributed by atoms with Crippen molar-refractivity contribution in [1.29, 1.82) is 0 Å². The lowest BCUT2D eigenvalue weighted by Gasteiger charge is -2.28. The van der Waals surface area contributed by atoms with E-state index in [4.69, 9.17) is 9.47 Å². The van der Waals surface area contributed by atoms with Gasteiger partial charge in [-0.3, -0.25) is 14.5 Å². The number of aliphatic hydroxyl groups excluding tert-OH is 1. The normalized spacial score (nSPS) is 14.4. The van der Waals surface area contributed by atoms with Crippen LogP contribution in [0.5, 0.6) is 0 Å². The lowest BCUT2D eigenvalue weighted by Crippen LogP contribution is -2.41. The molecule has 34 heavy (non-hydrogen) atoms. The van der Waals surface area contributed by atoms with E-state index in [1.165, 1.54) is 0 Å². The molecule has 1 amide bonds. The zero-order chi connectivity index (χ0) is 25.4. The Morgan fingerprint density at radius 3 is 2.47 bits per heavy atom. The molecule has 0 saturated heterocycles. The van der Waals surface area contributed by atoms with Crippen molar-refractivity contribution >= 4 is 29.2 Å². The summed E-state index contributed by atoms with van der Waals surface area (Å²) >= 11 is 0.